The molecule has 0 bridgehead atoms. The molecule has 2 aliphatic rings. The van der Waals surface area contributed by atoms with E-state index in [1.54, 1.807) is 0 Å². The second-order valence-corrected chi connectivity index (χ2v) is 9.28. The minimum absolute atomic E-state index is 0.166. The smallest absolute Gasteiger partial charge is 0.469 e. The van der Waals surface area contributed by atoms with Crippen LogP contribution in [-0.2, 0) is 20.9 Å². The first-order valence-corrected chi connectivity index (χ1v) is 11.5. The Labute approximate surface area is 197 Å². The Balaban J connectivity index is 1.52. The molecule has 5 nitrogen and oxygen atoms in total. The van der Waals surface area contributed by atoms with Crippen molar-refractivity contribution in [1.82, 2.24) is 9.80 Å². The van der Waals surface area contributed by atoms with Crippen molar-refractivity contribution >= 4 is 11.9 Å². The molecule has 2 atom stereocenters. The highest BCUT2D eigenvalue weighted by Crippen LogP contribution is 2.48. The molecule has 2 aromatic rings. The number of piperidine rings is 1. The number of amides is 1. The second-order valence-electron chi connectivity index (χ2n) is 9.28. The Hall–Kier alpha value is -2.87. The van der Waals surface area contributed by atoms with Crippen LogP contribution in [0, 0.1) is 5.41 Å². The Bertz CT molecular complexity index is 989. The summed E-state index contributed by atoms with van der Waals surface area (Å²) < 4.78 is 45.8. The van der Waals surface area contributed by atoms with Gasteiger partial charge in [-0.25, -0.2) is 0 Å². The molecule has 1 aliphatic carbocycles. The lowest BCUT2D eigenvalue weighted by molar-refractivity contribution is -0.189. The van der Waals surface area contributed by atoms with Gasteiger partial charge in [0.25, 0.3) is 0 Å². The van der Waals surface area contributed by atoms with Crippen LogP contribution in [0.4, 0.5) is 13.2 Å². The molecule has 1 amide bonds. The molecule has 182 valence electrons. The number of methoxy groups -OCH3 is 1. The number of carbonyl (C=O) groups excluding carboxylic acids is 2. The molecular formula is C26H29F3N2O3. The highest BCUT2D eigenvalue weighted by molar-refractivity contribution is 5.84. The van der Waals surface area contributed by atoms with Crippen molar-refractivity contribution in [3.05, 3.63) is 71.8 Å². The molecule has 1 heterocycles. The van der Waals surface area contributed by atoms with Crippen LogP contribution < -0.4 is 0 Å². The van der Waals surface area contributed by atoms with Crippen LogP contribution in [0.2, 0.25) is 0 Å². The summed E-state index contributed by atoms with van der Waals surface area (Å²) in [5.74, 6) is -2.60. The number of hydrogen-bond acceptors (Lipinski definition) is 4. The van der Waals surface area contributed by atoms with Gasteiger partial charge in [0.15, 0.2) is 0 Å². The van der Waals surface area contributed by atoms with E-state index in [-0.39, 0.29) is 12.5 Å². The highest BCUT2D eigenvalue weighted by Gasteiger charge is 2.55. The predicted octanol–water partition coefficient (Wildman–Crippen LogP) is 4.39. The van der Waals surface area contributed by atoms with Crippen LogP contribution in [0.1, 0.15) is 36.3 Å². The van der Waals surface area contributed by atoms with Crippen molar-refractivity contribution in [3.63, 3.8) is 0 Å². The van der Waals surface area contributed by atoms with Crippen LogP contribution in [0.15, 0.2) is 60.7 Å². The van der Waals surface area contributed by atoms with Gasteiger partial charge in [-0.2, -0.15) is 13.2 Å². The average molecular weight is 475 g/mol. The first kappa shape index (κ1) is 24.3. The molecule has 4 rings (SSSR count). The number of nitrogens with zero attached hydrogens (tertiary/aromatic N) is 2. The van der Waals surface area contributed by atoms with Gasteiger partial charge in [0.1, 0.15) is 0 Å². The Morgan fingerprint density at radius 2 is 1.62 bits per heavy atom. The zero-order valence-corrected chi connectivity index (χ0v) is 19.1. The summed E-state index contributed by atoms with van der Waals surface area (Å²) in [7, 11) is 1.25. The topological polar surface area (TPSA) is 49.9 Å². The molecule has 1 saturated heterocycles. The van der Waals surface area contributed by atoms with Gasteiger partial charge >= 0.3 is 18.1 Å². The highest BCUT2D eigenvalue weighted by atomic mass is 19.4. The minimum Gasteiger partial charge on any atom is -0.469 e. The van der Waals surface area contributed by atoms with Gasteiger partial charge in [-0.3, -0.25) is 14.5 Å². The number of rotatable bonds is 7. The molecular weight excluding hydrogens is 445 g/mol. The van der Waals surface area contributed by atoms with Gasteiger partial charge in [0.05, 0.1) is 12.5 Å². The molecule has 0 radical (unpaired) electrons. The van der Waals surface area contributed by atoms with Gasteiger partial charge in [0, 0.05) is 25.0 Å². The maximum absolute atomic E-state index is 13.6. The molecule has 0 spiro atoms. The van der Waals surface area contributed by atoms with E-state index in [9.17, 15) is 22.8 Å². The molecule has 2 aromatic carbocycles. The SMILES string of the molecule is COC(=O)C1(CN(C(=O)C(F)(F)F)[C@H]2C[C@@H]2c2ccccc2)CCN(Cc2ccccc2)CC1. The molecule has 1 saturated carbocycles. The standard InChI is InChI=1S/C26H29F3N2O3/c1-34-24(33)25(12-14-30(15-13-25)17-19-8-4-2-5-9-19)18-31(23(32)26(27,28)29)22-16-21(22)20-10-6-3-7-11-20/h2-11,21-22H,12-18H2,1H3/t21-,22+/m1/s1. The molecule has 34 heavy (non-hydrogen) atoms. The van der Waals surface area contributed by atoms with E-state index in [1.165, 1.54) is 7.11 Å². The fraction of sp³-hybridized carbons (Fsp3) is 0.462. The fourth-order valence-electron chi connectivity index (χ4n) is 5.04. The molecule has 1 aliphatic heterocycles. The van der Waals surface area contributed by atoms with E-state index in [1.807, 2.05) is 60.7 Å². The maximum atomic E-state index is 13.6. The van der Waals surface area contributed by atoms with Crippen molar-refractivity contribution in [1.29, 1.82) is 0 Å². The lowest BCUT2D eigenvalue weighted by atomic mass is 9.77. The number of carbonyl (C=O) groups is 2. The zero-order chi connectivity index (χ0) is 24.3. The largest absolute Gasteiger partial charge is 0.471 e. The summed E-state index contributed by atoms with van der Waals surface area (Å²) in [5.41, 5.74) is 0.870. The van der Waals surface area contributed by atoms with Gasteiger partial charge in [0.2, 0.25) is 0 Å². The number of benzene rings is 2. The Morgan fingerprint density at radius 3 is 2.18 bits per heavy atom. The number of hydrogen-bond donors (Lipinski definition) is 0. The number of likely N-dealkylation sites (tertiary alicyclic amines) is 1. The summed E-state index contributed by atoms with van der Waals surface area (Å²) >= 11 is 0. The molecule has 0 aromatic heterocycles. The average Bonchev–Trinajstić information content (AvgIpc) is 3.64. The van der Waals surface area contributed by atoms with Crippen LogP contribution >= 0.6 is 0 Å². The summed E-state index contributed by atoms with van der Waals surface area (Å²) in [4.78, 5) is 28.5. The van der Waals surface area contributed by atoms with E-state index < -0.39 is 29.5 Å². The van der Waals surface area contributed by atoms with Crippen molar-refractivity contribution in [2.75, 3.05) is 26.7 Å². The molecule has 0 N–H and O–H groups in total. The first-order chi connectivity index (χ1) is 16.2. The molecule has 2 fully saturated rings. The lowest BCUT2D eigenvalue weighted by Gasteiger charge is -2.42. The Kier molecular flexibility index (Phi) is 6.98. The third kappa shape index (κ3) is 5.27. The number of esters is 1. The third-order valence-electron chi connectivity index (χ3n) is 7.04. The monoisotopic (exact) mass is 474 g/mol. The minimum atomic E-state index is -5.00. The van der Waals surface area contributed by atoms with Crippen molar-refractivity contribution in [2.45, 2.75) is 43.9 Å². The van der Waals surface area contributed by atoms with Crippen molar-refractivity contribution in [3.8, 4) is 0 Å². The van der Waals surface area contributed by atoms with Gasteiger partial charge in [-0.05, 0) is 43.5 Å². The van der Waals surface area contributed by atoms with Crippen LogP contribution in [-0.4, -0.2) is 60.6 Å². The quantitative estimate of drug-likeness (QED) is 0.559. The Morgan fingerprint density at radius 1 is 1.03 bits per heavy atom. The molecule has 8 heteroatoms. The maximum Gasteiger partial charge on any atom is 0.471 e. The summed E-state index contributed by atoms with van der Waals surface area (Å²) in [6.07, 6.45) is -3.90. The second kappa shape index (κ2) is 9.78. The number of ether oxygens (including phenoxy) is 1. The summed E-state index contributed by atoms with van der Waals surface area (Å²) in [6.45, 7) is 1.48. The fourth-order valence-corrected chi connectivity index (χ4v) is 5.04. The van der Waals surface area contributed by atoms with Gasteiger partial charge in [-0.1, -0.05) is 60.7 Å². The van der Waals surface area contributed by atoms with Gasteiger partial charge in [-0.15, -0.1) is 0 Å². The van der Waals surface area contributed by atoms with Crippen LogP contribution in [0.3, 0.4) is 0 Å². The lowest BCUT2D eigenvalue weighted by Crippen LogP contribution is -2.54. The normalized spacial score (nSPS) is 22.1. The van der Waals surface area contributed by atoms with Crippen LogP contribution in [0.5, 0.6) is 0 Å². The third-order valence-corrected chi connectivity index (χ3v) is 7.04. The van der Waals surface area contributed by atoms with Crippen molar-refractivity contribution < 1.29 is 27.5 Å². The zero-order valence-electron chi connectivity index (χ0n) is 19.1. The van der Waals surface area contributed by atoms with E-state index in [4.69, 9.17) is 4.74 Å². The number of alkyl halides is 3. The van der Waals surface area contributed by atoms with Crippen molar-refractivity contribution in [2.24, 2.45) is 5.41 Å². The predicted molar refractivity (Wildman–Crippen MR) is 121 cm³/mol. The summed E-state index contributed by atoms with van der Waals surface area (Å²) in [5, 5.41) is 0. The van der Waals surface area contributed by atoms with E-state index in [2.05, 4.69) is 4.90 Å². The molecule has 0 unspecified atom stereocenters. The van der Waals surface area contributed by atoms with E-state index in [0.717, 1.165) is 16.0 Å². The number of halogens is 3. The first-order valence-electron chi connectivity index (χ1n) is 11.5. The van der Waals surface area contributed by atoms with Gasteiger partial charge < -0.3 is 9.64 Å². The van der Waals surface area contributed by atoms with Crippen LogP contribution in [0.25, 0.3) is 0 Å². The summed E-state index contributed by atoms with van der Waals surface area (Å²) in [6, 6.07) is 18.5. The van der Waals surface area contributed by atoms with E-state index in [0.29, 0.717) is 38.9 Å². The van der Waals surface area contributed by atoms with E-state index >= 15 is 0 Å².